The van der Waals surface area contributed by atoms with E-state index >= 15 is 0 Å². The van der Waals surface area contributed by atoms with Crippen molar-refractivity contribution in [3.63, 3.8) is 0 Å². The van der Waals surface area contributed by atoms with Gasteiger partial charge in [0.05, 0.1) is 12.1 Å². The number of halogens is 2. The van der Waals surface area contributed by atoms with Gasteiger partial charge in [0.15, 0.2) is 5.82 Å². The first-order valence-electron chi connectivity index (χ1n) is 10.7. The summed E-state index contributed by atoms with van der Waals surface area (Å²) in [6.45, 7) is 6.66. The van der Waals surface area contributed by atoms with Crippen LogP contribution in [0.2, 0.25) is 0 Å². The number of aromatic nitrogens is 2. The predicted octanol–water partition coefficient (Wildman–Crippen LogP) is 6.08. The van der Waals surface area contributed by atoms with E-state index in [1.54, 1.807) is 12.1 Å². The lowest BCUT2D eigenvalue weighted by atomic mass is 10.00. The standard InChI is InChI=1S/C26H26FN3.ClH/c1-3-24-18(2)22-12-14-28-26(29-15-13-19-8-4-5-9-20(19)16-29)25(22)30(24)17-21-10-6-7-11-23(21)27;/h4-12,14H,3,13,15-17H2,1-2H3;1H. The van der Waals surface area contributed by atoms with E-state index in [9.17, 15) is 4.39 Å². The molecule has 1 aliphatic rings. The van der Waals surface area contributed by atoms with Crippen LogP contribution in [0.4, 0.5) is 10.2 Å². The summed E-state index contributed by atoms with van der Waals surface area (Å²) in [5.41, 5.74) is 7.14. The molecule has 0 radical (unpaired) electrons. The lowest BCUT2D eigenvalue weighted by Crippen LogP contribution is -2.31. The smallest absolute Gasteiger partial charge is 0.153 e. The van der Waals surface area contributed by atoms with Crippen LogP contribution in [0.25, 0.3) is 10.9 Å². The van der Waals surface area contributed by atoms with Gasteiger partial charge in [0.2, 0.25) is 0 Å². The summed E-state index contributed by atoms with van der Waals surface area (Å²) in [5, 5.41) is 1.21. The van der Waals surface area contributed by atoms with Crippen molar-refractivity contribution in [3.05, 3.63) is 94.6 Å². The first-order valence-corrected chi connectivity index (χ1v) is 10.7. The Morgan fingerprint density at radius 1 is 1.00 bits per heavy atom. The Morgan fingerprint density at radius 2 is 1.74 bits per heavy atom. The van der Waals surface area contributed by atoms with Crippen molar-refractivity contribution in [3.8, 4) is 0 Å². The molecule has 0 atom stereocenters. The van der Waals surface area contributed by atoms with E-state index in [1.165, 1.54) is 27.8 Å². The van der Waals surface area contributed by atoms with E-state index in [0.717, 1.165) is 37.3 Å². The molecule has 0 saturated heterocycles. The van der Waals surface area contributed by atoms with Crippen molar-refractivity contribution >= 4 is 29.1 Å². The Hall–Kier alpha value is -2.85. The van der Waals surface area contributed by atoms with Gasteiger partial charge in [-0.15, -0.1) is 12.4 Å². The van der Waals surface area contributed by atoms with Crippen LogP contribution in [0.5, 0.6) is 0 Å². The van der Waals surface area contributed by atoms with Gasteiger partial charge in [-0.2, -0.15) is 0 Å². The Kier molecular flexibility index (Phi) is 6.01. The molecule has 2 aromatic carbocycles. The normalized spacial score (nSPS) is 13.2. The fourth-order valence-corrected chi connectivity index (χ4v) is 4.84. The molecule has 1 aliphatic heterocycles. The van der Waals surface area contributed by atoms with Crippen LogP contribution in [-0.2, 0) is 25.9 Å². The largest absolute Gasteiger partial charge is 0.350 e. The zero-order valence-electron chi connectivity index (χ0n) is 17.9. The molecule has 31 heavy (non-hydrogen) atoms. The molecule has 0 fully saturated rings. The van der Waals surface area contributed by atoms with Crippen molar-refractivity contribution in [1.29, 1.82) is 0 Å². The zero-order chi connectivity index (χ0) is 20.7. The highest BCUT2D eigenvalue weighted by atomic mass is 35.5. The molecule has 0 amide bonds. The van der Waals surface area contributed by atoms with Crippen molar-refractivity contribution in [2.45, 2.75) is 39.8 Å². The van der Waals surface area contributed by atoms with Crippen LogP contribution in [0, 0.1) is 12.7 Å². The van der Waals surface area contributed by atoms with Crippen molar-refractivity contribution in [2.24, 2.45) is 0 Å². The maximum atomic E-state index is 14.5. The quantitative estimate of drug-likeness (QED) is 0.387. The second-order valence-corrected chi connectivity index (χ2v) is 8.07. The third-order valence-electron chi connectivity index (χ3n) is 6.39. The minimum Gasteiger partial charge on any atom is -0.350 e. The molecule has 3 nitrogen and oxygen atoms in total. The summed E-state index contributed by atoms with van der Waals surface area (Å²) < 4.78 is 16.8. The fourth-order valence-electron chi connectivity index (χ4n) is 4.84. The van der Waals surface area contributed by atoms with Gasteiger partial charge in [0.1, 0.15) is 5.82 Å². The average Bonchev–Trinajstić information content (AvgIpc) is 3.06. The Balaban J connectivity index is 0.00000231. The molecule has 0 unspecified atom stereocenters. The van der Waals surface area contributed by atoms with E-state index in [4.69, 9.17) is 4.98 Å². The van der Waals surface area contributed by atoms with Gasteiger partial charge >= 0.3 is 0 Å². The number of anilines is 1. The minimum absolute atomic E-state index is 0. The fraction of sp³-hybridized carbons (Fsp3) is 0.269. The highest BCUT2D eigenvalue weighted by Crippen LogP contribution is 2.35. The van der Waals surface area contributed by atoms with Crippen LogP contribution < -0.4 is 4.90 Å². The third-order valence-corrected chi connectivity index (χ3v) is 6.39. The summed E-state index contributed by atoms with van der Waals surface area (Å²) in [5.74, 6) is 0.845. The maximum absolute atomic E-state index is 14.5. The number of aryl methyl sites for hydroxylation is 1. The van der Waals surface area contributed by atoms with Gasteiger partial charge in [0, 0.05) is 35.9 Å². The number of hydrogen-bond donors (Lipinski definition) is 0. The predicted molar refractivity (Wildman–Crippen MR) is 128 cm³/mol. The van der Waals surface area contributed by atoms with Crippen LogP contribution >= 0.6 is 12.4 Å². The third kappa shape index (κ3) is 3.70. The lowest BCUT2D eigenvalue weighted by Gasteiger charge is -2.30. The van der Waals surface area contributed by atoms with E-state index in [-0.39, 0.29) is 18.2 Å². The molecule has 4 aromatic rings. The molecule has 0 spiro atoms. The molecule has 3 heterocycles. The molecule has 5 rings (SSSR count). The Morgan fingerprint density at radius 3 is 2.52 bits per heavy atom. The molecule has 160 valence electrons. The molecule has 0 aliphatic carbocycles. The molecular weight excluding hydrogens is 409 g/mol. The highest BCUT2D eigenvalue weighted by Gasteiger charge is 2.23. The second kappa shape index (κ2) is 8.72. The van der Waals surface area contributed by atoms with Crippen LogP contribution in [0.1, 0.15) is 34.9 Å². The first-order chi connectivity index (χ1) is 14.7. The SMILES string of the molecule is CCc1c(C)c2ccnc(N3CCc4ccccc4C3)c2n1Cc1ccccc1F.Cl. The molecule has 5 heteroatoms. The monoisotopic (exact) mass is 435 g/mol. The van der Waals surface area contributed by atoms with Gasteiger partial charge < -0.3 is 9.47 Å². The van der Waals surface area contributed by atoms with Crippen molar-refractivity contribution in [2.75, 3.05) is 11.4 Å². The Labute approximate surface area is 188 Å². The highest BCUT2D eigenvalue weighted by molar-refractivity contribution is 5.93. The minimum atomic E-state index is -0.156. The molecular formula is C26H27ClFN3. The van der Waals surface area contributed by atoms with Gasteiger partial charge in [-0.3, -0.25) is 0 Å². The first kappa shape index (κ1) is 21.4. The van der Waals surface area contributed by atoms with Gasteiger partial charge in [-0.05, 0) is 48.6 Å². The zero-order valence-corrected chi connectivity index (χ0v) is 18.8. The number of benzene rings is 2. The van der Waals surface area contributed by atoms with E-state index in [0.29, 0.717) is 12.1 Å². The maximum Gasteiger partial charge on any atom is 0.153 e. The van der Waals surface area contributed by atoms with Gasteiger partial charge in [0.25, 0.3) is 0 Å². The van der Waals surface area contributed by atoms with Crippen molar-refractivity contribution < 1.29 is 4.39 Å². The van der Waals surface area contributed by atoms with E-state index in [1.807, 2.05) is 18.3 Å². The summed E-state index contributed by atoms with van der Waals surface area (Å²) >= 11 is 0. The molecule has 2 aromatic heterocycles. The Bertz CT molecular complexity index is 1230. The number of nitrogens with zero attached hydrogens (tertiary/aromatic N) is 3. The molecule has 0 saturated carbocycles. The van der Waals surface area contributed by atoms with Crippen LogP contribution in [0.3, 0.4) is 0 Å². The lowest BCUT2D eigenvalue weighted by molar-refractivity contribution is 0.598. The van der Waals surface area contributed by atoms with Crippen molar-refractivity contribution in [1.82, 2.24) is 9.55 Å². The number of pyridine rings is 1. The van der Waals surface area contributed by atoms with Crippen LogP contribution in [0.15, 0.2) is 60.8 Å². The molecule has 0 N–H and O–H groups in total. The number of hydrogen-bond acceptors (Lipinski definition) is 2. The summed E-state index contributed by atoms with van der Waals surface area (Å²) in [6, 6.07) is 17.8. The average molecular weight is 436 g/mol. The summed E-state index contributed by atoms with van der Waals surface area (Å²) in [6.07, 6.45) is 3.83. The van der Waals surface area contributed by atoms with E-state index < -0.39 is 0 Å². The number of fused-ring (bicyclic) bond motifs is 2. The van der Waals surface area contributed by atoms with E-state index in [2.05, 4.69) is 53.6 Å². The van der Waals surface area contributed by atoms with Crippen LogP contribution in [-0.4, -0.2) is 16.1 Å². The summed E-state index contributed by atoms with van der Waals surface area (Å²) in [7, 11) is 0. The summed E-state index contributed by atoms with van der Waals surface area (Å²) in [4.78, 5) is 7.20. The molecule has 0 bridgehead atoms. The second-order valence-electron chi connectivity index (χ2n) is 8.07. The topological polar surface area (TPSA) is 21.1 Å². The number of rotatable bonds is 4. The van der Waals surface area contributed by atoms with Gasteiger partial charge in [-0.25, -0.2) is 9.37 Å². The van der Waals surface area contributed by atoms with Gasteiger partial charge in [-0.1, -0.05) is 49.4 Å².